The molecule has 12 heavy (non-hydrogen) atoms. The third-order valence-corrected chi connectivity index (χ3v) is 2.16. The molecule has 2 heteroatoms. The van der Waals surface area contributed by atoms with E-state index in [1.54, 1.807) is 6.07 Å². The molecule has 0 atom stereocenters. The number of hydrogen-bond acceptors (Lipinski definition) is 0. The van der Waals surface area contributed by atoms with Crippen molar-refractivity contribution in [3.63, 3.8) is 0 Å². The third kappa shape index (κ3) is 2.94. The predicted molar refractivity (Wildman–Crippen MR) is 54.8 cm³/mol. The lowest BCUT2D eigenvalue weighted by Gasteiger charge is -2.00. The summed E-state index contributed by atoms with van der Waals surface area (Å²) in [4.78, 5) is 0. The van der Waals surface area contributed by atoms with Crippen LogP contribution in [0.1, 0.15) is 26.3 Å². The van der Waals surface area contributed by atoms with Crippen LogP contribution in [0.3, 0.4) is 0 Å². The number of benzene rings is 1. The largest absolute Gasteiger partial charge is 0.207 e. The summed E-state index contributed by atoms with van der Waals surface area (Å²) < 4.78 is 13.7. The van der Waals surface area contributed by atoms with Gasteiger partial charge >= 0.3 is 0 Å². The summed E-state index contributed by atoms with van der Waals surface area (Å²) >= 11 is 3.27. The van der Waals surface area contributed by atoms with Crippen LogP contribution in [0.15, 0.2) is 22.7 Å². The van der Waals surface area contributed by atoms with Crippen LogP contribution < -0.4 is 0 Å². The Bertz CT molecular complexity index is 213. The lowest BCUT2D eigenvalue weighted by Crippen LogP contribution is -1.87. The van der Waals surface area contributed by atoms with Gasteiger partial charge in [0.05, 0.1) is 0 Å². The second kappa shape index (κ2) is 6.18. The molecule has 0 unspecified atom stereocenters. The first-order valence-electron chi connectivity index (χ1n) is 4.18. The molecule has 0 heterocycles. The Morgan fingerprint density at radius 1 is 1.33 bits per heavy atom. The summed E-state index contributed by atoms with van der Waals surface area (Å²) in [7, 11) is 0. The molecule has 68 valence electrons. The Kier molecular flexibility index (Phi) is 5.99. The van der Waals surface area contributed by atoms with Gasteiger partial charge in [0, 0.05) is 10.0 Å². The minimum Gasteiger partial charge on any atom is -0.207 e. The molecule has 0 amide bonds. The molecule has 0 aliphatic rings. The molecule has 0 radical (unpaired) electrons. The molecule has 1 aromatic rings. The quantitative estimate of drug-likeness (QED) is 0.682. The van der Waals surface area contributed by atoms with Gasteiger partial charge in [0.25, 0.3) is 0 Å². The highest BCUT2D eigenvalue weighted by Gasteiger charge is 2.01. The molecule has 0 aliphatic carbocycles. The van der Waals surface area contributed by atoms with Gasteiger partial charge in [0.15, 0.2) is 0 Å². The van der Waals surface area contributed by atoms with Gasteiger partial charge in [-0.1, -0.05) is 42.8 Å². The summed E-state index contributed by atoms with van der Waals surface area (Å²) in [5.41, 5.74) is 0.752. The molecule has 0 saturated carbocycles. The second-order valence-electron chi connectivity index (χ2n) is 2.05. The van der Waals surface area contributed by atoms with E-state index in [0.29, 0.717) is 0 Å². The van der Waals surface area contributed by atoms with Crippen molar-refractivity contribution in [2.75, 3.05) is 0 Å². The Balaban J connectivity index is 0.000000561. The summed E-state index contributed by atoms with van der Waals surface area (Å²) in [6.07, 6.45) is 0.729. The zero-order valence-electron chi connectivity index (χ0n) is 7.70. The van der Waals surface area contributed by atoms with E-state index in [2.05, 4.69) is 15.9 Å². The smallest absolute Gasteiger partial charge is 0.127 e. The molecular weight excluding hydrogens is 219 g/mol. The van der Waals surface area contributed by atoms with E-state index in [-0.39, 0.29) is 5.82 Å². The van der Waals surface area contributed by atoms with E-state index >= 15 is 0 Å². The molecule has 1 aromatic carbocycles. The lowest BCUT2D eigenvalue weighted by molar-refractivity contribution is 0.611. The standard InChI is InChI=1S/C8H8BrF.C2H6/c1-2-6-7(9)4-3-5-8(6)10;1-2/h3-5H,2H2,1H3;1-2H3. The van der Waals surface area contributed by atoms with Gasteiger partial charge in [-0.2, -0.15) is 0 Å². The van der Waals surface area contributed by atoms with Gasteiger partial charge in [0.1, 0.15) is 5.82 Å². The Morgan fingerprint density at radius 2 is 1.92 bits per heavy atom. The zero-order chi connectivity index (χ0) is 9.56. The van der Waals surface area contributed by atoms with Crippen LogP contribution in [0.5, 0.6) is 0 Å². The van der Waals surface area contributed by atoms with E-state index < -0.39 is 0 Å². The molecule has 0 aliphatic heterocycles. The average Bonchev–Trinajstić information content (AvgIpc) is 2.08. The molecular formula is C10H14BrF. The first kappa shape index (κ1) is 11.6. The van der Waals surface area contributed by atoms with Crippen molar-refractivity contribution in [2.24, 2.45) is 0 Å². The van der Waals surface area contributed by atoms with E-state index in [4.69, 9.17) is 0 Å². The van der Waals surface area contributed by atoms with Crippen LogP contribution in [-0.2, 0) is 6.42 Å². The molecule has 0 nitrogen and oxygen atoms in total. The van der Waals surface area contributed by atoms with Crippen molar-refractivity contribution in [2.45, 2.75) is 27.2 Å². The van der Waals surface area contributed by atoms with Gasteiger partial charge in [-0.3, -0.25) is 0 Å². The number of halogens is 2. The molecule has 0 aromatic heterocycles. The summed E-state index contributed by atoms with van der Waals surface area (Å²) in [5.74, 6) is -0.128. The lowest BCUT2D eigenvalue weighted by atomic mass is 10.2. The van der Waals surface area contributed by atoms with E-state index in [9.17, 15) is 4.39 Å². The molecule has 1 rings (SSSR count). The zero-order valence-corrected chi connectivity index (χ0v) is 9.28. The van der Waals surface area contributed by atoms with Crippen molar-refractivity contribution in [3.8, 4) is 0 Å². The van der Waals surface area contributed by atoms with Crippen molar-refractivity contribution < 1.29 is 4.39 Å². The molecule has 0 spiro atoms. The van der Waals surface area contributed by atoms with Gasteiger partial charge in [0.2, 0.25) is 0 Å². The molecule has 0 fully saturated rings. The first-order chi connectivity index (χ1) is 5.75. The topological polar surface area (TPSA) is 0 Å². The van der Waals surface area contributed by atoms with Crippen LogP contribution in [0.4, 0.5) is 4.39 Å². The SMILES string of the molecule is CC.CCc1c(F)cccc1Br. The van der Waals surface area contributed by atoms with Gasteiger partial charge in [-0.15, -0.1) is 0 Å². The molecule has 0 saturated heterocycles. The maximum absolute atomic E-state index is 12.8. The maximum Gasteiger partial charge on any atom is 0.127 e. The van der Waals surface area contributed by atoms with Gasteiger partial charge in [-0.25, -0.2) is 4.39 Å². The summed E-state index contributed by atoms with van der Waals surface area (Å²) in [6, 6.07) is 5.02. The van der Waals surface area contributed by atoms with Crippen molar-refractivity contribution in [3.05, 3.63) is 34.1 Å². The Labute approximate surface area is 81.9 Å². The van der Waals surface area contributed by atoms with Crippen LogP contribution in [-0.4, -0.2) is 0 Å². The predicted octanol–water partition coefficient (Wildman–Crippen LogP) is 4.18. The fourth-order valence-corrected chi connectivity index (χ4v) is 1.49. The Hall–Kier alpha value is -0.370. The van der Waals surface area contributed by atoms with Crippen LogP contribution in [0, 0.1) is 5.82 Å². The molecule has 0 N–H and O–H groups in total. The van der Waals surface area contributed by atoms with Crippen molar-refractivity contribution in [1.29, 1.82) is 0 Å². The van der Waals surface area contributed by atoms with E-state index in [1.807, 2.05) is 26.8 Å². The maximum atomic E-state index is 12.8. The normalized spacial score (nSPS) is 8.75. The molecule has 0 bridgehead atoms. The minimum absolute atomic E-state index is 0.128. The van der Waals surface area contributed by atoms with Gasteiger partial charge in [-0.05, 0) is 18.6 Å². The number of rotatable bonds is 1. The highest BCUT2D eigenvalue weighted by atomic mass is 79.9. The second-order valence-corrected chi connectivity index (χ2v) is 2.91. The summed E-state index contributed by atoms with van der Waals surface area (Å²) in [5, 5.41) is 0. The van der Waals surface area contributed by atoms with Crippen LogP contribution in [0.2, 0.25) is 0 Å². The minimum atomic E-state index is -0.128. The van der Waals surface area contributed by atoms with Crippen LogP contribution in [0.25, 0.3) is 0 Å². The first-order valence-corrected chi connectivity index (χ1v) is 4.98. The van der Waals surface area contributed by atoms with Crippen LogP contribution >= 0.6 is 15.9 Å². The number of hydrogen-bond donors (Lipinski definition) is 0. The van der Waals surface area contributed by atoms with Crippen molar-refractivity contribution in [1.82, 2.24) is 0 Å². The van der Waals surface area contributed by atoms with Crippen molar-refractivity contribution >= 4 is 15.9 Å². The highest BCUT2D eigenvalue weighted by Crippen LogP contribution is 2.19. The average molecular weight is 233 g/mol. The fourth-order valence-electron chi connectivity index (χ4n) is 0.870. The third-order valence-electron chi connectivity index (χ3n) is 1.42. The van der Waals surface area contributed by atoms with Gasteiger partial charge < -0.3 is 0 Å². The highest BCUT2D eigenvalue weighted by molar-refractivity contribution is 9.10. The monoisotopic (exact) mass is 232 g/mol. The van der Waals surface area contributed by atoms with E-state index in [0.717, 1.165) is 16.5 Å². The Morgan fingerprint density at radius 3 is 2.25 bits per heavy atom. The fraction of sp³-hybridized carbons (Fsp3) is 0.400. The summed E-state index contributed by atoms with van der Waals surface area (Å²) in [6.45, 7) is 5.93. The van der Waals surface area contributed by atoms with E-state index in [1.165, 1.54) is 6.07 Å².